The summed E-state index contributed by atoms with van der Waals surface area (Å²) >= 11 is 3.48. The minimum atomic E-state index is -0.205. The zero-order chi connectivity index (χ0) is 13.4. The first kappa shape index (κ1) is 12.0. The van der Waals surface area contributed by atoms with Gasteiger partial charge < -0.3 is 19.9 Å². The lowest BCUT2D eigenvalue weighted by molar-refractivity contribution is 0.813. The van der Waals surface area contributed by atoms with E-state index in [4.69, 9.17) is 0 Å². The molecule has 0 spiro atoms. The smallest absolute Gasteiger partial charge is 0.323 e. The van der Waals surface area contributed by atoms with E-state index in [1.54, 1.807) is 6.20 Å². The molecule has 2 heterocycles. The molecule has 3 aromatic rings. The van der Waals surface area contributed by atoms with Crippen LogP contribution in [0, 0.1) is 0 Å². The van der Waals surface area contributed by atoms with Crippen molar-refractivity contribution in [1.29, 1.82) is 0 Å². The molecule has 3 rings (SSSR count). The Kier molecular flexibility index (Phi) is 2.90. The number of fused-ring (bicyclic) bond motifs is 1. The van der Waals surface area contributed by atoms with Gasteiger partial charge in [-0.15, -0.1) is 0 Å². The van der Waals surface area contributed by atoms with Gasteiger partial charge >= 0.3 is 5.69 Å². The van der Waals surface area contributed by atoms with E-state index in [0.717, 1.165) is 27.0 Å². The molecular formula is C12H12BrN5O. The second kappa shape index (κ2) is 4.58. The first-order valence-corrected chi connectivity index (χ1v) is 6.54. The Hall–Kier alpha value is -2.02. The van der Waals surface area contributed by atoms with E-state index >= 15 is 0 Å². The van der Waals surface area contributed by atoms with Crippen molar-refractivity contribution >= 4 is 32.7 Å². The number of hydrogen-bond acceptors (Lipinski definition) is 3. The molecule has 6 nitrogen and oxygen atoms in total. The number of nitrogens with one attached hydrogen (secondary N) is 3. The highest BCUT2D eigenvalue weighted by Crippen LogP contribution is 2.26. The highest BCUT2D eigenvalue weighted by molar-refractivity contribution is 9.10. The highest BCUT2D eigenvalue weighted by atomic mass is 79.9. The van der Waals surface area contributed by atoms with Crippen molar-refractivity contribution < 1.29 is 0 Å². The van der Waals surface area contributed by atoms with Crippen LogP contribution in [0.1, 0.15) is 5.82 Å². The fourth-order valence-corrected chi connectivity index (χ4v) is 2.42. The molecule has 19 heavy (non-hydrogen) atoms. The number of anilines is 1. The summed E-state index contributed by atoms with van der Waals surface area (Å²) in [5.41, 5.74) is 2.25. The van der Waals surface area contributed by atoms with Gasteiger partial charge in [-0.1, -0.05) is 0 Å². The molecule has 98 valence electrons. The van der Waals surface area contributed by atoms with Gasteiger partial charge in [-0.25, -0.2) is 9.78 Å². The minimum absolute atomic E-state index is 0.205. The topological polar surface area (TPSA) is 78.5 Å². The zero-order valence-electron chi connectivity index (χ0n) is 10.2. The Bertz CT molecular complexity index is 785. The van der Waals surface area contributed by atoms with Crippen molar-refractivity contribution in [3.63, 3.8) is 0 Å². The second-order valence-corrected chi connectivity index (χ2v) is 5.12. The van der Waals surface area contributed by atoms with E-state index in [1.807, 2.05) is 29.9 Å². The predicted molar refractivity (Wildman–Crippen MR) is 77.2 cm³/mol. The largest absolute Gasteiger partial charge is 0.377 e. The molecule has 0 aliphatic rings. The third-order valence-corrected chi connectivity index (χ3v) is 3.62. The number of nitrogens with zero attached hydrogens (tertiary/aromatic N) is 2. The van der Waals surface area contributed by atoms with Crippen LogP contribution in [0.3, 0.4) is 0 Å². The van der Waals surface area contributed by atoms with Crippen LogP contribution in [0.25, 0.3) is 11.0 Å². The maximum absolute atomic E-state index is 11.2. The fourth-order valence-electron chi connectivity index (χ4n) is 1.93. The average Bonchev–Trinajstić information content (AvgIpc) is 2.91. The van der Waals surface area contributed by atoms with Crippen LogP contribution in [0.5, 0.6) is 0 Å². The molecule has 0 radical (unpaired) electrons. The highest BCUT2D eigenvalue weighted by Gasteiger charge is 2.06. The van der Waals surface area contributed by atoms with Crippen molar-refractivity contribution in [2.45, 2.75) is 6.54 Å². The lowest BCUT2D eigenvalue weighted by Crippen LogP contribution is -2.06. The molecule has 0 aliphatic heterocycles. The number of hydrogen-bond donors (Lipinski definition) is 3. The standard InChI is InChI=1S/C12H12BrN5O/c1-18-3-2-14-11(18)6-15-8-5-10-9(4-7(8)13)16-12(19)17-10/h2-5,15H,6H2,1H3,(H2,16,17,19). The normalized spacial score (nSPS) is 11.1. The Morgan fingerprint density at radius 1 is 1.37 bits per heavy atom. The summed E-state index contributed by atoms with van der Waals surface area (Å²) < 4.78 is 2.85. The van der Waals surface area contributed by atoms with Crippen LogP contribution in [-0.2, 0) is 13.6 Å². The van der Waals surface area contributed by atoms with Crippen LogP contribution in [-0.4, -0.2) is 19.5 Å². The molecule has 3 N–H and O–H groups in total. The van der Waals surface area contributed by atoms with E-state index in [0.29, 0.717) is 6.54 Å². The molecule has 2 aromatic heterocycles. The quantitative estimate of drug-likeness (QED) is 0.690. The van der Waals surface area contributed by atoms with Crippen LogP contribution < -0.4 is 11.0 Å². The number of aromatic amines is 2. The second-order valence-electron chi connectivity index (χ2n) is 4.26. The summed E-state index contributed by atoms with van der Waals surface area (Å²) in [6.07, 6.45) is 3.66. The summed E-state index contributed by atoms with van der Waals surface area (Å²) in [5.74, 6) is 0.939. The monoisotopic (exact) mass is 321 g/mol. The summed E-state index contributed by atoms with van der Waals surface area (Å²) in [4.78, 5) is 20.9. The molecule has 0 aliphatic carbocycles. The summed E-state index contributed by atoms with van der Waals surface area (Å²) in [7, 11) is 1.95. The van der Waals surface area contributed by atoms with Gasteiger partial charge in [0.25, 0.3) is 0 Å². The van der Waals surface area contributed by atoms with Crippen molar-refractivity contribution in [3.05, 3.63) is 45.3 Å². The van der Waals surface area contributed by atoms with Gasteiger partial charge in [0.05, 0.1) is 23.3 Å². The van der Waals surface area contributed by atoms with E-state index < -0.39 is 0 Å². The molecule has 0 saturated carbocycles. The zero-order valence-corrected chi connectivity index (χ0v) is 11.8. The molecule has 0 atom stereocenters. The third-order valence-electron chi connectivity index (χ3n) is 2.96. The van der Waals surface area contributed by atoms with Crippen molar-refractivity contribution in [2.24, 2.45) is 7.05 Å². The van der Waals surface area contributed by atoms with Crippen molar-refractivity contribution in [1.82, 2.24) is 19.5 Å². The number of aryl methyl sites for hydroxylation is 1. The van der Waals surface area contributed by atoms with Gasteiger partial charge in [0.1, 0.15) is 5.82 Å². The number of H-pyrrole nitrogens is 2. The first-order valence-electron chi connectivity index (χ1n) is 5.75. The summed E-state index contributed by atoms with van der Waals surface area (Å²) in [5, 5.41) is 3.29. The van der Waals surface area contributed by atoms with E-state index in [-0.39, 0.29) is 5.69 Å². The molecule has 0 fully saturated rings. The summed E-state index contributed by atoms with van der Waals surface area (Å²) in [6, 6.07) is 3.76. The molecule has 0 saturated heterocycles. The Balaban J connectivity index is 1.90. The van der Waals surface area contributed by atoms with E-state index in [9.17, 15) is 4.79 Å². The number of benzene rings is 1. The van der Waals surface area contributed by atoms with Gasteiger partial charge in [0, 0.05) is 23.9 Å². The lowest BCUT2D eigenvalue weighted by atomic mass is 10.2. The van der Waals surface area contributed by atoms with Crippen LogP contribution in [0.15, 0.2) is 33.8 Å². The van der Waals surface area contributed by atoms with Crippen LogP contribution >= 0.6 is 15.9 Å². The van der Waals surface area contributed by atoms with Crippen molar-refractivity contribution in [2.75, 3.05) is 5.32 Å². The van der Waals surface area contributed by atoms with Gasteiger partial charge in [0.15, 0.2) is 0 Å². The molecule has 7 heteroatoms. The fraction of sp³-hybridized carbons (Fsp3) is 0.167. The van der Waals surface area contributed by atoms with Crippen LogP contribution in [0.2, 0.25) is 0 Å². The molecule has 0 amide bonds. The van der Waals surface area contributed by atoms with E-state index in [2.05, 4.69) is 36.2 Å². The van der Waals surface area contributed by atoms with Gasteiger partial charge in [-0.3, -0.25) is 0 Å². The number of halogens is 1. The van der Waals surface area contributed by atoms with E-state index in [1.165, 1.54) is 0 Å². The average molecular weight is 322 g/mol. The summed E-state index contributed by atoms with van der Waals surface area (Å²) in [6.45, 7) is 0.613. The Labute approximate surface area is 117 Å². The van der Waals surface area contributed by atoms with Crippen molar-refractivity contribution in [3.8, 4) is 0 Å². The Morgan fingerprint density at radius 2 is 2.11 bits per heavy atom. The minimum Gasteiger partial charge on any atom is -0.377 e. The Morgan fingerprint density at radius 3 is 2.79 bits per heavy atom. The van der Waals surface area contributed by atoms with Gasteiger partial charge in [-0.05, 0) is 28.1 Å². The molecular weight excluding hydrogens is 310 g/mol. The third kappa shape index (κ3) is 2.28. The first-order chi connectivity index (χ1) is 9.13. The van der Waals surface area contributed by atoms with Crippen LogP contribution in [0.4, 0.5) is 5.69 Å². The predicted octanol–water partition coefficient (Wildman–Crippen LogP) is 1.96. The number of imidazole rings is 2. The molecule has 0 unspecified atom stereocenters. The molecule has 1 aromatic carbocycles. The van der Waals surface area contributed by atoms with Gasteiger partial charge in [0.2, 0.25) is 0 Å². The lowest BCUT2D eigenvalue weighted by Gasteiger charge is -2.08. The van der Waals surface area contributed by atoms with Gasteiger partial charge in [-0.2, -0.15) is 0 Å². The maximum Gasteiger partial charge on any atom is 0.323 e. The SMILES string of the molecule is Cn1ccnc1CNc1cc2[nH]c(=O)[nH]c2cc1Br. The maximum atomic E-state index is 11.2. The molecule has 0 bridgehead atoms. The number of rotatable bonds is 3. The number of aromatic nitrogens is 4.